The van der Waals surface area contributed by atoms with Gasteiger partial charge in [-0.2, -0.15) is 0 Å². The SMILES string of the molecule is CCNC(c1ccc(Cl)cn1)c1ccc(Cl)s1. The Labute approximate surface area is 115 Å². The molecule has 1 N–H and O–H groups in total. The number of pyridine rings is 1. The quantitative estimate of drug-likeness (QED) is 0.913. The van der Waals surface area contributed by atoms with E-state index < -0.39 is 0 Å². The van der Waals surface area contributed by atoms with Gasteiger partial charge in [-0.15, -0.1) is 11.3 Å². The molecule has 0 fully saturated rings. The summed E-state index contributed by atoms with van der Waals surface area (Å²) in [5.74, 6) is 0. The van der Waals surface area contributed by atoms with E-state index in [-0.39, 0.29) is 6.04 Å². The number of thiophene rings is 1. The van der Waals surface area contributed by atoms with Crippen molar-refractivity contribution in [2.24, 2.45) is 0 Å². The van der Waals surface area contributed by atoms with Crippen LogP contribution in [0.25, 0.3) is 0 Å². The van der Waals surface area contributed by atoms with Crippen molar-refractivity contribution in [2.75, 3.05) is 6.54 Å². The third-order valence-corrected chi connectivity index (χ3v) is 3.85. The molecule has 0 bridgehead atoms. The molecule has 0 saturated heterocycles. The molecule has 0 amide bonds. The Hall–Kier alpha value is -0.610. The molecule has 2 nitrogen and oxygen atoms in total. The van der Waals surface area contributed by atoms with E-state index in [0.29, 0.717) is 5.02 Å². The van der Waals surface area contributed by atoms with Gasteiger partial charge in [0.05, 0.1) is 21.1 Å². The molecule has 0 aliphatic carbocycles. The molecule has 0 spiro atoms. The minimum absolute atomic E-state index is 0.0785. The van der Waals surface area contributed by atoms with Gasteiger partial charge in [0.15, 0.2) is 0 Å². The number of halogens is 2. The number of hydrogen-bond donors (Lipinski definition) is 1. The van der Waals surface area contributed by atoms with Gasteiger partial charge in [0.1, 0.15) is 0 Å². The van der Waals surface area contributed by atoms with Crippen molar-refractivity contribution in [1.29, 1.82) is 0 Å². The highest BCUT2D eigenvalue weighted by Crippen LogP contribution is 2.30. The van der Waals surface area contributed by atoms with E-state index in [9.17, 15) is 0 Å². The van der Waals surface area contributed by atoms with Crippen LogP contribution < -0.4 is 5.32 Å². The van der Waals surface area contributed by atoms with E-state index in [2.05, 4.69) is 17.2 Å². The van der Waals surface area contributed by atoms with E-state index in [1.165, 1.54) is 0 Å². The Morgan fingerprint density at radius 3 is 2.65 bits per heavy atom. The molecule has 1 atom stereocenters. The molecule has 0 aliphatic heterocycles. The fourth-order valence-corrected chi connectivity index (χ4v) is 2.86. The summed E-state index contributed by atoms with van der Waals surface area (Å²) in [7, 11) is 0. The highest BCUT2D eigenvalue weighted by atomic mass is 35.5. The molecule has 17 heavy (non-hydrogen) atoms. The fourth-order valence-electron chi connectivity index (χ4n) is 1.60. The van der Waals surface area contributed by atoms with Gasteiger partial charge in [-0.1, -0.05) is 30.1 Å². The minimum Gasteiger partial charge on any atom is -0.305 e. The van der Waals surface area contributed by atoms with Crippen LogP contribution in [0.5, 0.6) is 0 Å². The van der Waals surface area contributed by atoms with Crippen molar-refractivity contribution < 1.29 is 0 Å². The second-order valence-corrected chi connectivity index (χ2v) is 5.72. The third kappa shape index (κ3) is 3.19. The molecule has 5 heteroatoms. The van der Waals surface area contributed by atoms with Crippen molar-refractivity contribution in [3.63, 3.8) is 0 Å². The molecular weight excluding hydrogens is 275 g/mol. The van der Waals surface area contributed by atoms with Crippen LogP contribution in [0, 0.1) is 0 Å². The van der Waals surface area contributed by atoms with Gasteiger partial charge in [-0.3, -0.25) is 4.98 Å². The van der Waals surface area contributed by atoms with Crippen molar-refractivity contribution >= 4 is 34.5 Å². The number of hydrogen-bond acceptors (Lipinski definition) is 3. The Kier molecular flexibility index (Phi) is 4.40. The lowest BCUT2D eigenvalue weighted by atomic mass is 10.1. The summed E-state index contributed by atoms with van der Waals surface area (Å²) in [6.07, 6.45) is 1.66. The molecule has 0 aromatic carbocycles. The Morgan fingerprint density at radius 1 is 1.29 bits per heavy atom. The maximum Gasteiger partial charge on any atom is 0.0931 e. The number of aromatic nitrogens is 1. The van der Waals surface area contributed by atoms with Crippen LogP contribution in [0.3, 0.4) is 0 Å². The molecular formula is C12H12Cl2N2S. The van der Waals surface area contributed by atoms with Crippen molar-refractivity contribution in [1.82, 2.24) is 10.3 Å². The van der Waals surface area contributed by atoms with E-state index in [1.54, 1.807) is 17.5 Å². The average molecular weight is 287 g/mol. The summed E-state index contributed by atoms with van der Waals surface area (Å²) in [5, 5.41) is 4.04. The Bertz CT molecular complexity index is 482. The minimum atomic E-state index is 0.0785. The third-order valence-electron chi connectivity index (χ3n) is 2.33. The monoisotopic (exact) mass is 286 g/mol. The van der Waals surface area contributed by atoms with Crippen LogP contribution in [-0.4, -0.2) is 11.5 Å². The van der Waals surface area contributed by atoms with Gasteiger partial charge in [0.2, 0.25) is 0 Å². The molecule has 2 rings (SSSR count). The van der Waals surface area contributed by atoms with Crippen LogP contribution >= 0.6 is 34.5 Å². The van der Waals surface area contributed by atoms with Gasteiger partial charge in [-0.05, 0) is 30.8 Å². The maximum atomic E-state index is 5.97. The topological polar surface area (TPSA) is 24.9 Å². The number of nitrogens with one attached hydrogen (secondary N) is 1. The van der Waals surface area contributed by atoms with Gasteiger partial charge in [0, 0.05) is 11.1 Å². The smallest absolute Gasteiger partial charge is 0.0931 e. The standard InChI is InChI=1S/C12H12Cl2N2S/c1-2-15-12(10-5-6-11(14)17-10)9-4-3-8(13)7-16-9/h3-7,12,15H,2H2,1H3. The fraction of sp³-hybridized carbons (Fsp3) is 0.250. The summed E-state index contributed by atoms with van der Waals surface area (Å²) in [5.41, 5.74) is 0.953. The molecule has 2 heterocycles. The normalized spacial score (nSPS) is 12.6. The second-order valence-electron chi connectivity index (χ2n) is 3.53. The predicted molar refractivity (Wildman–Crippen MR) is 74.1 cm³/mol. The van der Waals surface area contributed by atoms with Gasteiger partial charge in [0.25, 0.3) is 0 Å². The first-order chi connectivity index (χ1) is 8.20. The van der Waals surface area contributed by atoms with E-state index in [4.69, 9.17) is 23.2 Å². The summed E-state index contributed by atoms with van der Waals surface area (Å²) in [6.45, 7) is 2.93. The summed E-state index contributed by atoms with van der Waals surface area (Å²) in [6, 6.07) is 7.79. The van der Waals surface area contributed by atoms with Crippen LogP contribution in [0.1, 0.15) is 23.5 Å². The largest absolute Gasteiger partial charge is 0.305 e. The molecule has 0 aliphatic rings. The molecule has 1 unspecified atom stereocenters. The highest BCUT2D eigenvalue weighted by Gasteiger charge is 2.16. The number of nitrogens with zero attached hydrogens (tertiary/aromatic N) is 1. The maximum absolute atomic E-state index is 5.97. The summed E-state index contributed by atoms with van der Waals surface area (Å²) < 4.78 is 0.789. The summed E-state index contributed by atoms with van der Waals surface area (Å²) in [4.78, 5) is 5.51. The highest BCUT2D eigenvalue weighted by molar-refractivity contribution is 7.16. The van der Waals surface area contributed by atoms with E-state index >= 15 is 0 Å². The van der Waals surface area contributed by atoms with Gasteiger partial charge in [-0.25, -0.2) is 0 Å². The number of rotatable bonds is 4. The zero-order valence-electron chi connectivity index (χ0n) is 9.28. The molecule has 2 aromatic rings. The van der Waals surface area contributed by atoms with Crippen LogP contribution in [-0.2, 0) is 0 Å². The molecule has 2 aromatic heterocycles. The van der Waals surface area contributed by atoms with Crippen LogP contribution in [0.4, 0.5) is 0 Å². The predicted octanol–water partition coefficient (Wildman–Crippen LogP) is 4.15. The van der Waals surface area contributed by atoms with Crippen molar-refractivity contribution in [3.8, 4) is 0 Å². The zero-order chi connectivity index (χ0) is 12.3. The second kappa shape index (κ2) is 5.83. The molecule has 90 valence electrons. The van der Waals surface area contributed by atoms with E-state index in [1.807, 2.05) is 24.3 Å². The zero-order valence-corrected chi connectivity index (χ0v) is 11.6. The first-order valence-electron chi connectivity index (χ1n) is 5.30. The van der Waals surface area contributed by atoms with Crippen LogP contribution in [0.15, 0.2) is 30.5 Å². The average Bonchev–Trinajstić information content (AvgIpc) is 2.74. The molecule has 0 saturated carbocycles. The van der Waals surface area contributed by atoms with Gasteiger partial charge >= 0.3 is 0 Å². The first kappa shape index (κ1) is 12.8. The first-order valence-corrected chi connectivity index (χ1v) is 6.88. The van der Waals surface area contributed by atoms with Crippen molar-refractivity contribution in [3.05, 3.63) is 50.4 Å². The van der Waals surface area contributed by atoms with Crippen LogP contribution in [0.2, 0.25) is 9.36 Å². The molecule has 0 radical (unpaired) electrons. The Balaban J connectivity index is 2.31. The lowest BCUT2D eigenvalue weighted by Gasteiger charge is -2.15. The van der Waals surface area contributed by atoms with E-state index in [0.717, 1.165) is 21.5 Å². The Morgan fingerprint density at radius 2 is 2.12 bits per heavy atom. The lowest BCUT2D eigenvalue weighted by Crippen LogP contribution is -2.21. The lowest BCUT2D eigenvalue weighted by molar-refractivity contribution is 0.624. The summed E-state index contributed by atoms with van der Waals surface area (Å²) >= 11 is 13.4. The van der Waals surface area contributed by atoms with Gasteiger partial charge < -0.3 is 5.32 Å². The van der Waals surface area contributed by atoms with Crippen molar-refractivity contribution in [2.45, 2.75) is 13.0 Å².